The molecule has 6 heteroatoms. The number of carbonyl (C=O) groups is 1. The van der Waals surface area contributed by atoms with E-state index in [4.69, 9.17) is 9.63 Å². The summed E-state index contributed by atoms with van der Waals surface area (Å²) in [6.45, 7) is 0. The highest BCUT2D eigenvalue weighted by Crippen LogP contribution is 2.17. The van der Waals surface area contributed by atoms with Crippen molar-refractivity contribution >= 4 is 17.7 Å². The van der Waals surface area contributed by atoms with E-state index in [1.807, 2.05) is 30.3 Å². The lowest BCUT2D eigenvalue weighted by Gasteiger charge is -1.93. The second-order valence-electron chi connectivity index (χ2n) is 3.57. The molecule has 0 atom stereocenters. The standard InChI is InChI=1S/C12H12N2O3S/c15-11(16)6-7-18-8-10-13-12(14-17-10)9-4-2-1-3-5-9/h1-5H,6-8H2,(H,15,16). The van der Waals surface area contributed by atoms with E-state index in [0.29, 0.717) is 23.2 Å². The molecule has 18 heavy (non-hydrogen) atoms. The van der Waals surface area contributed by atoms with Gasteiger partial charge in [0.15, 0.2) is 0 Å². The van der Waals surface area contributed by atoms with E-state index >= 15 is 0 Å². The van der Waals surface area contributed by atoms with E-state index in [0.717, 1.165) is 5.56 Å². The SMILES string of the molecule is O=C(O)CCSCc1nc(-c2ccccc2)no1. The van der Waals surface area contributed by atoms with Crippen molar-refractivity contribution in [2.75, 3.05) is 5.75 Å². The molecule has 0 aliphatic heterocycles. The molecule has 5 nitrogen and oxygen atoms in total. The Bertz CT molecular complexity index is 513. The molecule has 0 saturated carbocycles. The number of carboxylic acid groups (broad SMARTS) is 1. The van der Waals surface area contributed by atoms with Crippen molar-refractivity contribution in [3.05, 3.63) is 36.2 Å². The van der Waals surface area contributed by atoms with Crippen LogP contribution in [-0.4, -0.2) is 27.0 Å². The molecule has 0 spiro atoms. The first kappa shape index (κ1) is 12.6. The Morgan fingerprint density at radius 3 is 2.83 bits per heavy atom. The normalized spacial score (nSPS) is 10.4. The summed E-state index contributed by atoms with van der Waals surface area (Å²) in [5, 5.41) is 12.4. The summed E-state index contributed by atoms with van der Waals surface area (Å²) in [5.41, 5.74) is 0.906. The fraction of sp³-hybridized carbons (Fsp3) is 0.250. The minimum Gasteiger partial charge on any atom is -0.481 e. The monoisotopic (exact) mass is 264 g/mol. The third-order valence-electron chi connectivity index (χ3n) is 2.19. The van der Waals surface area contributed by atoms with Crippen molar-refractivity contribution in [1.29, 1.82) is 0 Å². The summed E-state index contributed by atoms with van der Waals surface area (Å²) in [5.74, 6) is 1.36. The zero-order valence-corrected chi connectivity index (χ0v) is 10.4. The van der Waals surface area contributed by atoms with Crippen molar-refractivity contribution in [3.8, 4) is 11.4 Å². The largest absolute Gasteiger partial charge is 0.481 e. The number of hydrogen-bond donors (Lipinski definition) is 1. The summed E-state index contributed by atoms with van der Waals surface area (Å²) < 4.78 is 5.10. The van der Waals surface area contributed by atoms with Crippen LogP contribution < -0.4 is 0 Å². The summed E-state index contributed by atoms with van der Waals surface area (Å²) in [6.07, 6.45) is 0.143. The molecule has 1 aromatic carbocycles. The van der Waals surface area contributed by atoms with Crippen LogP contribution in [0.3, 0.4) is 0 Å². The quantitative estimate of drug-likeness (QED) is 0.807. The molecule has 2 aromatic rings. The molecule has 0 radical (unpaired) electrons. The lowest BCUT2D eigenvalue weighted by molar-refractivity contribution is -0.136. The van der Waals surface area contributed by atoms with Gasteiger partial charge in [0.05, 0.1) is 12.2 Å². The Labute approximate surface area is 108 Å². The second-order valence-corrected chi connectivity index (χ2v) is 4.68. The fourth-order valence-electron chi connectivity index (χ4n) is 1.34. The number of aromatic nitrogens is 2. The molecule has 2 rings (SSSR count). The predicted molar refractivity (Wildman–Crippen MR) is 68.1 cm³/mol. The first-order valence-electron chi connectivity index (χ1n) is 5.43. The number of benzene rings is 1. The maximum atomic E-state index is 10.3. The molecule has 1 aromatic heterocycles. The van der Waals surface area contributed by atoms with Crippen LogP contribution in [0.25, 0.3) is 11.4 Å². The maximum Gasteiger partial charge on any atom is 0.304 e. The van der Waals surface area contributed by atoms with Crippen LogP contribution in [0.4, 0.5) is 0 Å². The van der Waals surface area contributed by atoms with Crippen molar-refractivity contribution in [2.24, 2.45) is 0 Å². The van der Waals surface area contributed by atoms with Gasteiger partial charge in [0, 0.05) is 11.3 Å². The third kappa shape index (κ3) is 3.59. The Balaban J connectivity index is 1.89. The van der Waals surface area contributed by atoms with Gasteiger partial charge in [0.1, 0.15) is 0 Å². The Morgan fingerprint density at radius 2 is 2.11 bits per heavy atom. The molecule has 0 saturated heterocycles. The van der Waals surface area contributed by atoms with E-state index < -0.39 is 5.97 Å². The van der Waals surface area contributed by atoms with Gasteiger partial charge in [0.2, 0.25) is 11.7 Å². The zero-order chi connectivity index (χ0) is 12.8. The van der Waals surface area contributed by atoms with Gasteiger partial charge >= 0.3 is 5.97 Å². The van der Waals surface area contributed by atoms with Crippen molar-refractivity contribution in [1.82, 2.24) is 10.1 Å². The minimum absolute atomic E-state index is 0.143. The van der Waals surface area contributed by atoms with E-state index in [9.17, 15) is 4.79 Å². The van der Waals surface area contributed by atoms with Gasteiger partial charge in [-0.25, -0.2) is 0 Å². The highest BCUT2D eigenvalue weighted by atomic mass is 32.2. The Morgan fingerprint density at radius 1 is 1.33 bits per heavy atom. The molecule has 1 N–H and O–H groups in total. The summed E-state index contributed by atoms with van der Waals surface area (Å²) in [7, 11) is 0. The lowest BCUT2D eigenvalue weighted by atomic mass is 10.2. The molecule has 0 fully saturated rings. The Hall–Kier alpha value is -1.82. The minimum atomic E-state index is -0.794. The van der Waals surface area contributed by atoms with E-state index in [2.05, 4.69) is 10.1 Å². The van der Waals surface area contributed by atoms with Gasteiger partial charge in [-0.15, -0.1) is 0 Å². The molecule has 0 amide bonds. The van der Waals surface area contributed by atoms with Crippen LogP contribution in [-0.2, 0) is 10.5 Å². The fourth-order valence-corrected chi connectivity index (χ4v) is 2.09. The van der Waals surface area contributed by atoms with Gasteiger partial charge in [-0.05, 0) is 0 Å². The smallest absolute Gasteiger partial charge is 0.304 e. The number of aliphatic carboxylic acids is 1. The van der Waals surface area contributed by atoms with Crippen LogP contribution in [0.15, 0.2) is 34.9 Å². The first-order valence-corrected chi connectivity index (χ1v) is 6.59. The average Bonchev–Trinajstić information content (AvgIpc) is 2.84. The van der Waals surface area contributed by atoms with Crippen LogP contribution in [0.5, 0.6) is 0 Å². The van der Waals surface area contributed by atoms with Crippen LogP contribution in [0.1, 0.15) is 12.3 Å². The van der Waals surface area contributed by atoms with E-state index in [1.165, 1.54) is 11.8 Å². The topological polar surface area (TPSA) is 76.2 Å². The maximum absolute atomic E-state index is 10.3. The molecular formula is C12H12N2O3S. The summed E-state index contributed by atoms with van der Waals surface area (Å²) in [4.78, 5) is 14.6. The van der Waals surface area contributed by atoms with Crippen molar-refractivity contribution in [2.45, 2.75) is 12.2 Å². The average molecular weight is 264 g/mol. The Kier molecular flexibility index (Phi) is 4.35. The lowest BCUT2D eigenvalue weighted by Crippen LogP contribution is -1.96. The molecular weight excluding hydrogens is 252 g/mol. The first-order chi connectivity index (χ1) is 8.75. The summed E-state index contributed by atoms with van der Waals surface area (Å²) in [6, 6.07) is 9.56. The number of rotatable bonds is 6. The highest BCUT2D eigenvalue weighted by molar-refractivity contribution is 7.98. The van der Waals surface area contributed by atoms with Gasteiger partial charge in [-0.3, -0.25) is 4.79 Å². The van der Waals surface area contributed by atoms with E-state index in [1.54, 1.807) is 0 Å². The second kappa shape index (κ2) is 6.20. The van der Waals surface area contributed by atoms with Crippen LogP contribution in [0, 0.1) is 0 Å². The van der Waals surface area contributed by atoms with Crippen LogP contribution >= 0.6 is 11.8 Å². The number of nitrogens with zero attached hydrogens (tertiary/aromatic N) is 2. The van der Waals surface area contributed by atoms with Gasteiger partial charge in [0.25, 0.3) is 0 Å². The van der Waals surface area contributed by atoms with Crippen molar-refractivity contribution < 1.29 is 14.4 Å². The van der Waals surface area contributed by atoms with Gasteiger partial charge < -0.3 is 9.63 Å². The molecule has 0 unspecified atom stereocenters. The summed E-state index contributed by atoms with van der Waals surface area (Å²) >= 11 is 1.47. The third-order valence-corrected chi connectivity index (χ3v) is 3.13. The molecule has 1 heterocycles. The zero-order valence-electron chi connectivity index (χ0n) is 9.57. The van der Waals surface area contributed by atoms with Crippen molar-refractivity contribution in [3.63, 3.8) is 0 Å². The number of thioether (sulfide) groups is 1. The van der Waals surface area contributed by atoms with Crippen LogP contribution in [0.2, 0.25) is 0 Å². The number of hydrogen-bond acceptors (Lipinski definition) is 5. The highest BCUT2D eigenvalue weighted by Gasteiger charge is 2.08. The molecule has 0 bridgehead atoms. The van der Waals surface area contributed by atoms with Gasteiger partial charge in [-0.2, -0.15) is 16.7 Å². The molecule has 0 aliphatic carbocycles. The number of carboxylic acids is 1. The predicted octanol–water partition coefficient (Wildman–Crippen LogP) is 2.44. The van der Waals surface area contributed by atoms with E-state index in [-0.39, 0.29) is 6.42 Å². The molecule has 94 valence electrons. The van der Waals surface area contributed by atoms with Gasteiger partial charge in [-0.1, -0.05) is 35.5 Å². The molecule has 0 aliphatic rings.